The molecule has 0 aliphatic carbocycles. The van der Waals surface area contributed by atoms with Crippen molar-refractivity contribution in [1.29, 1.82) is 0 Å². The Kier molecular flexibility index (Phi) is 3.05. The summed E-state index contributed by atoms with van der Waals surface area (Å²) in [4.78, 5) is 14.1. The highest BCUT2D eigenvalue weighted by Crippen LogP contribution is 2.30. The average Bonchev–Trinajstić information content (AvgIpc) is 2.58. The SMILES string of the molecule is Cc1ccc(N2C(=O)CNCc3ccccc32)cc1. The third-order valence-corrected chi connectivity index (χ3v) is 3.37. The predicted octanol–water partition coefficient (Wildman–Crippen LogP) is 2.76. The van der Waals surface area contributed by atoms with E-state index in [9.17, 15) is 4.79 Å². The molecule has 0 saturated heterocycles. The van der Waals surface area contributed by atoms with Crippen molar-refractivity contribution in [2.24, 2.45) is 0 Å². The van der Waals surface area contributed by atoms with E-state index in [1.807, 2.05) is 49.4 Å². The second kappa shape index (κ2) is 4.86. The lowest BCUT2D eigenvalue weighted by molar-refractivity contribution is -0.117. The average molecular weight is 252 g/mol. The van der Waals surface area contributed by atoms with Gasteiger partial charge in [0.1, 0.15) is 0 Å². The first-order valence-corrected chi connectivity index (χ1v) is 6.44. The lowest BCUT2D eigenvalue weighted by Crippen LogP contribution is -2.31. The molecule has 0 saturated carbocycles. The molecule has 96 valence electrons. The molecule has 0 aromatic heterocycles. The number of carbonyl (C=O) groups is 1. The summed E-state index contributed by atoms with van der Waals surface area (Å²) in [6, 6.07) is 16.1. The van der Waals surface area contributed by atoms with Crippen molar-refractivity contribution in [1.82, 2.24) is 5.32 Å². The first-order chi connectivity index (χ1) is 9.25. The highest BCUT2D eigenvalue weighted by molar-refractivity contribution is 6.02. The van der Waals surface area contributed by atoms with Crippen molar-refractivity contribution in [2.45, 2.75) is 13.5 Å². The van der Waals surface area contributed by atoms with Gasteiger partial charge in [0.05, 0.1) is 12.2 Å². The molecule has 2 aromatic rings. The van der Waals surface area contributed by atoms with Gasteiger partial charge in [-0.25, -0.2) is 0 Å². The van der Waals surface area contributed by atoms with E-state index in [-0.39, 0.29) is 5.91 Å². The van der Waals surface area contributed by atoms with Crippen LogP contribution in [0.1, 0.15) is 11.1 Å². The summed E-state index contributed by atoms with van der Waals surface area (Å²) in [6.07, 6.45) is 0. The number of para-hydroxylation sites is 1. The molecule has 3 nitrogen and oxygen atoms in total. The highest BCUT2D eigenvalue weighted by Gasteiger charge is 2.22. The zero-order valence-electron chi connectivity index (χ0n) is 10.9. The van der Waals surface area contributed by atoms with E-state index in [4.69, 9.17) is 0 Å². The Bertz CT molecular complexity index is 604. The molecule has 0 fully saturated rings. The van der Waals surface area contributed by atoms with Crippen LogP contribution in [0, 0.1) is 6.92 Å². The third kappa shape index (κ3) is 2.25. The van der Waals surface area contributed by atoms with E-state index in [2.05, 4.69) is 11.4 Å². The van der Waals surface area contributed by atoms with E-state index < -0.39 is 0 Å². The van der Waals surface area contributed by atoms with Gasteiger partial charge in [-0.05, 0) is 30.7 Å². The molecule has 2 aromatic carbocycles. The van der Waals surface area contributed by atoms with E-state index in [1.165, 1.54) is 5.56 Å². The zero-order chi connectivity index (χ0) is 13.2. The summed E-state index contributed by atoms with van der Waals surface area (Å²) in [5.41, 5.74) is 4.24. The second-order valence-corrected chi connectivity index (χ2v) is 4.80. The Labute approximate surface area is 112 Å². The molecule has 1 heterocycles. The van der Waals surface area contributed by atoms with Crippen LogP contribution in [0.5, 0.6) is 0 Å². The van der Waals surface area contributed by atoms with Gasteiger partial charge in [0.2, 0.25) is 5.91 Å². The molecule has 3 heteroatoms. The number of anilines is 2. The number of rotatable bonds is 1. The van der Waals surface area contributed by atoms with Crippen LogP contribution in [0.4, 0.5) is 11.4 Å². The van der Waals surface area contributed by atoms with Gasteiger partial charge in [-0.15, -0.1) is 0 Å². The van der Waals surface area contributed by atoms with Gasteiger partial charge in [0, 0.05) is 12.2 Å². The first kappa shape index (κ1) is 11.9. The summed E-state index contributed by atoms with van der Waals surface area (Å²) in [7, 11) is 0. The monoisotopic (exact) mass is 252 g/mol. The van der Waals surface area contributed by atoms with Gasteiger partial charge in [-0.1, -0.05) is 35.9 Å². The standard InChI is InChI=1S/C16H16N2O/c1-12-6-8-14(9-7-12)18-15-5-3-2-4-13(15)10-17-11-16(18)19/h2-9,17H,10-11H2,1H3. The number of benzene rings is 2. The molecule has 1 N–H and O–H groups in total. The third-order valence-electron chi connectivity index (χ3n) is 3.37. The van der Waals surface area contributed by atoms with Gasteiger partial charge >= 0.3 is 0 Å². The van der Waals surface area contributed by atoms with E-state index in [0.29, 0.717) is 6.54 Å². The largest absolute Gasteiger partial charge is 0.304 e. The van der Waals surface area contributed by atoms with Gasteiger partial charge in [0.25, 0.3) is 0 Å². The van der Waals surface area contributed by atoms with Crippen molar-refractivity contribution in [3.05, 3.63) is 59.7 Å². The number of aryl methyl sites for hydroxylation is 1. The molecule has 1 aliphatic heterocycles. The lowest BCUT2D eigenvalue weighted by atomic mass is 10.1. The van der Waals surface area contributed by atoms with Crippen molar-refractivity contribution in [3.63, 3.8) is 0 Å². The van der Waals surface area contributed by atoms with Gasteiger partial charge in [-0.3, -0.25) is 9.69 Å². The number of carbonyl (C=O) groups excluding carboxylic acids is 1. The van der Waals surface area contributed by atoms with Crippen LogP contribution in [-0.2, 0) is 11.3 Å². The van der Waals surface area contributed by atoms with E-state index >= 15 is 0 Å². The number of nitrogens with zero attached hydrogens (tertiary/aromatic N) is 1. The highest BCUT2D eigenvalue weighted by atomic mass is 16.2. The van der Waals surface area contributed by atoms with E-state index in [1.54, 1.807) is 4.90 Å². The zero-order valence-corrected chi connectivity index (χ0v) is 10.9. The minimum Gasteiger partial charge on any atom is -0.304 e. The number of hydrogen-bond acceptors (Lipinski definition) is 2. The Morgan fingerprint density at radius 3 is 2.53 bits per heavy atom. The van der Waals surface area contributed by atoms with Crippen LogP contribution in [0.2, 0.25) is 0 Å². The minimum absolute atomic E-state index is 0.0776. The Balaban J connectivity index is 2.12. The molecule has 19 heavy (non-hydrogen) atoms. The Morgan fingerprint density at radius 1 is 1.00 bits per heavy atom. The van der Waals surface area contributed by atoms with Crippen LogP contribution in [0.15, 0.2) is 48.5 Å². The quantitative estimate of drug-likeness (QED) is 0.846. The molecule has 0 spiro atoms. The summed E-state index contributed by atoms with van der Waals surface area (Å²) in [5, 5.41) is 3.17. The minimum atomic E-state index is 0.0776. The van der Waals surface area contributed by atoms with Crippen LogP contribution in [0.25, 0.3) is 0 Å². The molecular formula is C16H16N2O. The topological polar surface area (TPSA) is 32.3 Å². The van der Waals surface area contributed by atoms with Crippen LogP contribution >= 0.6 is 0 Å². The molecule has 0 bridgehead atoms. The molecule has 1 amide bonds. The van der Waals surface area contributed by atoms with Crippen molar-refractivity contribution in [3.8, 4) is 0 Å². The fraction of sp³-hybridized carbons (Fsp3) is 0.188. The molecule has 1 aliphatic rings. The maximum atomic E-state index is 12.3. The molecule has 0 radical (unpaired) electrons. The summed E-state index contributed by atoms with van der Waals surface area (Å²) in [5.74, 6) is 0.0776. The number of nitrogens with one attached hydrogen (secondary N) is 1. The summed E-state index contributed by atoms with van der Waals surface area (Å²) < 4.78 is 0. The maximum Gasteiger partial charge on any atom is 0.245 e. The lowest BCUT2D eigenvalue weighted by Gasteiger charge is -2.22. The van der Waals surface area contributed by atoms with Crippen molar-refractivity contribution in [2.75, 3.05) is 11.4 Å². The fourth-order valence-corrected chi connectivity index (χ4v) is 2.37. The fourth-order valence-electron chi connectivity index (χ4n) is 2.37. The van der Waals surface area contributed by atoms with Crippen molar-refractivity contribution < 1.29 is 4.79 Å². The molecule has 3 rings (SSSR count). The van der Waals surface area contributed by atoms with E-state index in [0.717, 1.165) is 23.5 Å². The molecule has 0 atom stereocenters. The number of amides is 1. The number of hydrogen-bond donors (Lipinski definition) is 1. The molecular weight excluding hydrogens is 236 g/mol. The second-order valence-electron chi connectivity index (χ2n) is 4.80. The van der Waals surface area contributed by atoms with Crippen molar-refractivity contribution >= 4 is 17.3 Å². The van der Waals surface area contributed by atoms with Crippen LogP contribution in [0.3, 0.4) is 0 Å². The summed E-state index contributed by atoms with van der Waals surface area (Å²) >= 11 is 0. The Morgan fingerprint density at radius 2 is 1.74 bits per heavy atom. The van der Waals surface area contributed by atoms with Gasteiger partial charge < -0.3 is 5.32 Å². The van der Waals surface area contributed by atoms with Gasteiger partial charge in [-0.2, -0.15) is 0 Å². The Hall–Kier alpha value is -2.13. The smallest absolute Gasteiger partial charge is 0.245 e. The first-order valence-electron chi connectivity index (χ1n) is 6.44. The van der Waals surface area contributed by atoms with Crippen LogP contribution < -0.4 is 10.2 Å². The van der Waals surface area contributed by atoms with Gasteiger partial charge in [0.15, 0.2) is 0 Å². The maximum absolute atomic E-state index is 12.3. The molecule has 0 unspecified atom stereocenters. The normalized spacial score (nSPS) is 15.0. The summed E-state index contributed by atoms with van der Waals surface area (Å²) in [6.45, 7) is 3.14. The number of fused-ring (bicyclic) bond motifs is 1. The van der Waals surface area contributed by atoms with Crippen LogP contribution in [-0.4, -0.2) is 12.5 Å². The predicted molar refractivity (Wildman–Crippen MR) is 76.5 cm³/mol.